The molecule has 1 aromatic carbocycles. The zero-order valence-corrected chi connectivity index (χ0v) is 10.3. The van der Waals surface area contributed by atoms with Crippen LogP contribution in [0.3, 0.4) is 0 Å². The minimum absolute atomic E-state index is 0.213. The number of ether oxygens (including phenoxy) is 1. The molecule has 0 radical (unpaired) electrons. The van der Waals surface area contributed by atoms with E-state index in [1.807, 2.05) is 18.2 Å². The SMILES string of the molecule is COc1cccc(/C=N/NC(=O)c2cnccn2)c1. The van der Waals surface area contributed by atoms with Gasteiger partial charge in [-0.25, -0.2) is 10.4 Å². The number of hydrazone groups is 1. The first-order valence-corrected chi connectivity index (χ1v) is 5.53. The second kappa shape index (κ2) is 6.25. The van der Waals surface area contributed by atoms with Crippen molar-refractivity contribution in [3.63, 3.8) is 0 Å². The number of rotatable bonds is 4. The Labute approximate surface area is 110 Å². The Kier molecular flexibility index (Phi) is 4.17. The number of methoxy groups -OCH3 is 1. The van der Waals surface area contributed by atoms with Crippen molar-refractivity contribution in [2.45, 2.75) is 0 Å². The van der Waals surface area contributed by atoms with Crippen LogP contribution in [0.1, 0.15) is 16.1 Å². The first-order chi connectivity index (χ1) is 9.29. The molecule has 96 valence electrons. The maximum atomic E-state index is 11.6. The third-order valence-electron chi connectivity index (χ3n) is 2.27. The fourth-order valence-corrected chi connectivity index (χ4v) is 1.36. The fourth-order valence-electron chi connectivity index (χ4n) is 1.36. The molecule has 0 unspecified atom stereocenters. The van der Waals surface area contributed by atoms with Crippen LogP contribution in [0.5, 0.6) is 5.75 Å². The molecule has 0 aliphatic carbocycles. The van der Waals surface area contributed by atoms with Crippen LogP contribution in [0.4, 0.5) is 0 Å². The molecule has 0 fully saturated rings. The molecule has 0 aliphatic rings. The lowest BCUT2D eigenvalue weighted by Crippen LogP contribution is -2.19. The van der Waals surface area contributed by atoms with Crippen LogP contribution in [0.25, 0.3) is 0 Å². The van der Waals surface area contributed by atoms with Crippen LogP contribution in [0, 0.1) is 0 Å². The predicted octanol–water partition coefficient (Wildman–Crippen LogP) is 1.25. The van der Waals surface area contributed by atoms with Gasteiger partial charge in [0, 0.05) is 12.4 Å². The lowest BCUT2D eigenvalue weighted by molar-refractivity contribution is 0.0950. The maximum Gasteiger partial charge on any atom is 0.291 e. The third kappa shape index (κ3) is 3.60. The van der Waals surface area contributed by atoms with Gasteiger partial charge in [-0.1, -0.05) is 12.1 Å². The van der Waals surface area contributed by atoms with Crippen molar-refractivity contribution in [1.82, 2.24) is 15.4 Å². The Morgan fingerprint density at radius 1 is 1.42 bits per heavy atom. The van der Waals surface area contributed by atoms with Crippen LogP contribution < -0.4 is 10.2 Å². The third-order valence-corrected chi connectivity index (χ3v) is 2.27. The number of hydrogen-bond donors (Lipinski definition) is 1. The smallest absolute Gasteiger partial charge is 0.291 e. The highest BCUT2D eigenvalue weighted by Gasteiger charge is 2.04. The van der Waals surface area contributed by atoms with Crippen LogP contribution >= 0.6 is 0 Å². The van der Waals surface area contributed by atoms with Crippen LogP contribution in [-0.2, 0) is 0 Å². The van der Waals surface area contributed by atoms with E-state index >= 15 is 0 Å². The van der Waals surface area contributed by atoms with Gasteiger partial charge >= 0.3 is 0 Å². The van der Waals surface area contributed by atoms with E-state index in [-0.39, 0.29) is 5.69 Å². The van der Waals surface area contributed by atoms with Gasteiger partial charge in [-0.3, -0.25) is 9.78 Å². The van der Waals surface area contributed by atoms with Gasteiger partial charge in [0.25, 0.3) is 5.91 Å². The summed E-state index contributed by atoms with van der Waals surface area (Å²) in [5.41, 5.74) is 3.40. The normalized spacial score (nSPS) is 10.4. The van der Waals surface area contributed by atoms with E-state index in [9.17, 15) is 4.79 Å². The second-order valence-corrected chi connectivity index (χ2v) is 3.57. The van der Waals surface area contributed by atoms with Crippen molar-refractivity contribution in [2.24, 2.45) is 5.10 Å². The Hall–Kier alpha value is -2.76. The van der Waals surface area contributed by atoms with Gasteiger partial charge < -0.3 is 4.74 Å². The Balaban J connectivity index is 1.98. The standard InChI is InChI=1S/C13H12N4O2/c1-19-11-4-2-3-10(7-11)8-16-17-13(18)12-9-14-5-6-15-12/h2-9H,1H3,(H,17,18)/b16-8+. The van der Waals surface area contributed by atoms with Gasteiger partial charge in [0.2, 0.25) is 0 Å². The van der Waals surface area contributed by atoms with E-state index in [4.69, 9.17) is 4.74 Å². The van der Waals surface area contributed by atoms with E-state index in [0.717, 1.165) is 11.3 Å². The van der Waals surface area contributed by atoms with E-state index in [0.29, 0.717) is 0 Å². The summed E-state index contributed by atoms with van der Waals surface area (Å²) in [6, 6.07) is 7.32. The molecule has 0 saturated carbocycles. The lowest BCUT2D eigenvalue weighted by Gasteiger charge is -2.00. The molecule has 0 aliphatic heterocycles. The number of hydrogen-bond acceptors (Lipinski definition) is 5. The Morgan fingerprint density at radius 2 is 2.32 bits per heavy atom. The van der Waals surface area contributed by atoms with E-state index in [2.05, 4.69) is 20.5 Å². The summed E-state index contributed by atoms with van der Waals surface area (Å²) >= 11 is 0. The van der Waals surface area contributed by atoms with Crippen molar-refractivity contribution < 1.29 is 9.53 Å². The lowest BCUT2D eigenvalue weighted by atomic mass is 10.2. The second-order valence-electron chi connectivity index (χ2n) is 3.57. The minimum atomic E-state index is -0.410. The number of nitrogens with zero attached hydrogens (tertiary/aromatic N) is 3. The molecule has 0 saturated heterocycles. The average molecular weight is 256 g/mol. The molecule has 2 rings (SSSR count). The zero-order chi connectivity index (χ0) is 13.5. The molecule has 1 N–H and O–H groups in total. The van der Waals surface area contributed by atoms with Crippen molar-refractivity contribution >= 4 is 12.1 Å². The highest BCUT2D eigenvalue weighted by Crippen LogP contribution is 2.10. The summed E-state index contributed by atoms with van der Waals surface area (Å²) in [7, 11) is 1.59. The minimum Gasteiger partial charge on any atom is -0.497 e. The number of carbonyl (C=O) groups is 1. The molecule has 6 heteroatoms. The molecule has 1 amide bonds. The summed E-state index contributed by atoms with van der Waals surface area (Å²) in [4.78, 5) is 19.3. The molecule has 2 aromatic rings. The summed E-state index contributed by atoms with van der Waals surface area (Å²) < 4.78 is 5.08. The monoisotopic (exact) mass is 256 g/mol. The number of amides is 1. The van der Waals surface area contributed by atoms with Gasteiger partial charge in [-0.05, 0) is 17.7 Å². The van der Waals surface area contributed by atoms with Crippen LogP contribution in [0.2, 0.25) is 0 Å². The largest absolute Gasteiger partial charge is 0.497 e. The number of aromatic nitrogens is 2. The van der Waals surface area contributed by atoms with Gasteiger partial charge in [0.15, 0.2) is 0 Å². The van der Waals surface area contributed by atoms with Gasteiger partial charge in [-0.2, -0.15) is 5.10 Å². The average Bonchev–Trinajstić information content (AvgIpc) is 2.48. The van der Waals surface area contributed by atoms with E-state index in [1.165, 1.54) is 24.8 Å². The number of benzene rings is 1. The van der Waals surface area contributed by atoms with Crippen molar-refractivity contribution in [3.8, 4) is 5.75 Å². The van der Waals surface area contributed by atoms with Gasteiger partial charge in [-0.15, -0.1) is 0 Å². The van der Waals surface area contributed by atoms with Crippen molar-refractivity contribution in [2.75, 3.05) is 7.11 Å². The van der Waals surface area contributed by atoms with Crippen molar-refractivity contribution in [1.29, 1.82) is 0 Å². The highest BCUT2D eigenvalue weighted by molar-refractivity contribution is 5.92. The molecule has 0 spiro atoms. The maximum absolute atomic E-state index is 11.6. The van der Waals surface area contributed by atoms with Crippen LogP contribution in [0.15, 0.2) is 48.0 Å². The molecular formula is C13H12N4O2. The number of nitrogens with one attached hydrogen (secondary N) is 1. The van der Waals surface area contributed by atoms with E-state index in [1.54, 1.807) is 13.2 Å². The predicted molar refractivity (Wildman–Crippen MR) is 70.1 cm³/mol. The molecule has 19 heavy (non-hydrogen) atoms. The first kappa shape index (κ1) is 12.7. The topological polar surface area (TPSA) is 76.5 Å². The highest BCUT2D eigenvalue weighted by atomic mass is 16.5. The van der Waals surface area contributed by atoms with E-state index < -0.39 is 5.91 Å². The summed E-state index contributed by atoms with van der Waals surface area (Å²) in [5, 5.41) is 3.85. The number of carbonyl (C=O) groups excluding carboxylic acids is 1. The molecule has 0 bridgehead atoms. The van der Waals surface area contributed by atoms with Gasteiger partial charge in [0.05, 0.1) is 19.5 Å². The first-order valence-electron chi connectivity index (χ1n) is 5.53. The molecular weight excluding hydrogens is 244 g/mol. The summed E-state index contributed by atoms with van der Waals surface area (Å²) in [6.07, 6.45) is 5.84. The molecule has 6 nitrogen and oxygen atoms in total. The molecule has 1 heterocycles. The van der Waals surface area contributed by atoms with Crippen molar-refractivity contribution in [3.05, 3.63) is 54.1 Å². The molecule has 0 atom stereocenters. The summed E-state index contributed by atoms with van der Waals surface area (Å²) in [6.45, 7) is 0. The Bertz CT molecular complexity index is 584. The Morgan fingerprint density at radius 3 is 3.05 bits per heavy atom. The van der Waals surface area contributed by atoms with Crippen LogP contribution in [-0.4, -0.2) is 29.2 Å². The summed E-state index contributed by atoms with van der Waals surface area (Å²) in [5.74, 6) is 0.316. The fraction of sp³-hybridized carbons (Fsp3) is 0.0769. The quantitative estimate of drug-likeness (QED) is 0.659. The zero-order valence-electron chi connectivity index (χ0n) is 10.3. The van der Waals surface area contributed by atoms with Gasteiger partial charge in [0.1, 0.15) is 11.4 Å². The molecule has 1 aromatic heterocycles.